The minimum Gasteiger partial charge on any atom is -0.342 e. The van der Waals surface area contributed by atoms with Gasteiger partial charge in [-0.15, -0.1) is 16.4 Å². The fourth-order valence-electron chi connectivity index (χ4n) is 5.34. The molecular formula is C32H29ClFN7O2S. The Morgan fingerprint density at radius 3 is 2.84 bits per heavy atom. The molecule has 0 saturated carbocycles. The highest BCUT2D eigenvalue weighted by Crippen LogP contribution is 2.33. The van der Waals surface area contributed by atoms with E-state index in [2.05, 4.69) is 30.9 Å². The number of hydrogen-bond donors (Lipinski definition) is 2. The lowest BCUT2D eigenvalue weighted by molar-refractivity contribution is -0.119. The van der Waals surface area contributed by atoms with E-state index in [0.717, 1.165) is 27.4 Å². The summed E-state index contributed by atoms with van der Waals surface area (Å²) in [5.41, 5.74) is 4.68. The summed E-state index contributed by atoms with van der Waals surface area (Å²) in [6, 6.07) is 14.0. The molecule has 0 unspecified atom stereocenters. The number of nitrogens with zero attached hydrogens (tertiary/aromatic N) is 5. The molecule has 44 heavy (non-hydrogen) atoms. The maximum Gasteiger partial charge on any atom is 0.274 e. The maximum atomic E-state index is 14.7. The average molecular weight is 630 g/mol. The maximum absolute atomic E-state index is 14.7. The van der Waals surface area contributed by atoms with Gasteiger partial charge in [0.05, 0.1) is 27.5 Å². The van der Waals surface area contributed by atoms with Crippen LogP contribution in [0.3, 0.4) is 0 Å². The van der Waals surface area contributed by atoms with Crippen molar-refractivity contribution in [1.29, 1.82) is 0 Å². The van der Waals surface area contributed by atoms with Gasteiger partial charge in [-0.2, -0.15) is 0 Å². The SMILES string of the molecule is Cc1c(C(=O)N[C@H]2CCC[C@H](C)C(=O)Nc3cc(Cc4nccs4)ccc3-c3ccnc2c3)nnn1-c1cccc(Cl)c1F. The van der Waals surface area contributed by atoms with Crippen LogP contribution in [0.1, 0.15) is 64.7 Å². The third kappa shape index (κ3) is 6.11. The Morgan fingerprint density at radius 1 is 1.16 bits per heavy atom. The molecule has 2 aromatic carbocycles. The minimum atomic E-state index is -0.650. The van der Waals surface area contributed by atoms with Crippen LogP contribution in [-0.2, 0) is 11.2 Å². The molecule has 2 atom stereocenters. The van der Waals surface area contributed by atoms with Gasteiger partial charge in [-0.1, -0.05) is 48.4 Å². The number of rotatable bonds is 5. The minimum absolute atomic E-state index is 0.0530. The molecule has 0 fully saturated rings. The topological polar surface area (TPSA) is 115 Å². The van der Waals surface area contributed by atoms with Crippen molar-refractivity contribution in [2.45, 2.75) is 45.6 Å². The Morgan fingerprint density at radius 2 is 2.02 bits per heavy atom. The molecule has 2 bridgehead atoms. The average Bonchev–Trinajstić information content (AvgIpc) is 3.67. The van der Waals surface area contributed by atoms with Gasteiger partial charge < -0.3 is 10.6 Å². The second-order valence-electron chi connectivity index (χ2n) is 10.8. The molecule has 0 aliphatic carbocycles. The van der Waals surface area contributed by atoms with Crippen molar-refractivity contribution >= 4 is 40.4 Å². The third-order valence-corrected chi connectivity index (χ3v) is 8.85. The standard InChI is InChI=1S/C32H29ClFN7O2S/c1-18-5-3-7-24(37-32(43)30-19(2)41(40-39-30)27-8-4-6-23(33)29(27)34)26-17-21(11-12-35-26)22-10-9-20(15-25(22)38-31(18)42)16-28-36-13-14-44-28/h4,6,8-15,17-18,24H,3,5,7,16H2,1-2H3,(H,37,43)(H,38,42)/t18-,24-/m0/s1. The Hall–Kier alpha value is -4.48. The number of amides is 2. The molecule has 2 amide bonds. The zero-order chi connectivity index (χ0) is 30.8. The first-order valence-electron chi connectivity index (χ1n) is 14.2. The Bertz CT molecular complexity index is 1840. The van der Waals surface area contributed by atoms with Crippen LogP contribution in [0.2, 0.25) is 5.02 Å². The number of aromatic nitrogens is 5. The van der Waals surface area contributed by atoms with Crippen molar-refractivity contribution in [3.8, 4) is 16.8 Å². The molecule has 0 radical (unpaired) electrons. The molecule has 5 aromatic rings. The van der Waals surface area contributed by atoms with Crippen molar-refractivity contribution in [1.82, 2.24) is 30.3 Å². The third-order valence-electron chi connectivity index (χ3n) is 7.78. The zero-order valence-electron chi connectivity index (χ0n) is 24.1. The van der Waals surface area contributed by atoms with Crippen LogP contribution in [0.25, 0.3) is 16.8 Å². The number of halogens is 2. The predicted molar refractivity (Wildman–Crippen MR) is 168 cm³/mol. The smallest absolute Gasteiger partial charge is 0.274 e. The normalized spacial score (nSPS) is 16.8. The van der Waals surface area contributed by atoms with Crippen molar-refractivity contribution in [3.05, 3.63) is 105 Å². The Balaban J connectivity index is 1.32. The van der Waals surface area contributed by atoms with Crippen LogP contribution >= 0.6 is 22.9 Å². The molecular weight excluding hydrogens is 601 g/mol. The summed E-state index contributed by atoms with van der Waals surface area (Å²) >= 11 is 7.55. The Labute approximate surface area is 262 Å². The fraction of sp³-hybridized carbons (Fsp3) is 0.250. The molecule has 224 valence electrons. The van der Waals surface area contributed by atoms with Crippen LogP contribution in [0.15, 0.2) is 66.3 Å². The van der Waals surface area contributed by atoms with Crippen LogP contribution < -0.4 is 10.6 Å². The number of hydrogen-bond acceptors (Lipinski definition) is 7. The lowest BCUT2D eigenvalue weighted by atomic mass is 9.94. The summed E-state index contributed by atoms with van der Waals surface area (Å²) in [7, 11) is 0. The summed E-state index contributed by atoms with van der Waals surface area (Å²) < 4.78 is 16.0. The molecule has 0 saturated heterocycles. The molecule has 0 spiro atoms. The summed E-state index contributed by atoms with van der Waals surface area (Å²) in [5.74, 6) is -1.42. The summed E-state index contributed by atoms with van der Waals surface area (Å²) in [5, 5.41) is 17.2. The van der Waals surface area contributed by atoms with Gasteiger partial charge in [-0.05, 0) is 61.2 Å². The van der Waals surface area contributed by atoms with E-state index in [0.29, 0.717) is 37.1 Å². The first-order chi connectivity index (χ1) is 21.3. The van der Waals surface area contributed by atoms with E-state index in [1.54, 1.807) is 36.7 Å². The van der Waals surface area contributed by atoms with E-state index in [4.69, 9.17) is 11.6 Å². The van der Waals surface area contributed by atoms with Gasteiger partial charge in [0.15, 0.2) is 11.5 Å². The van der Waals surface area contributed by atoms with Crippen LogP contribution in [-0.4, -0.2) is 36.8 Å². The molecule has 2 N–H and O–H groups in total. The summed E-state index contributed by atoms with van der Waals surface area (Å²) in [4.78, 5) is 35.8. The van der Waals surface area contributed by atoms with E-state index >= 15 is 0 Å². The number of carbonyl (C=O) groups excluding carboxylic acids is 2. The van der Waals surface area contributed by atoms with Gasteiger partial charge in [-0.25, -0.2) is 14.1 Å². The summed E-state index contributed by atoms with van der Waals surface area (Å²) in [6.07, 6.45) is 6.00. The number of benzene rings is 2. The van der Waals surface area contributed by atoms with E-state index in [-0.39, 0.29) is 28.2 Å². The van der Waals surface area contributed by atoms with E-state index in [9.17, 15) is 14.0 Å². The lowest BCUT2D eigenvalue weighted by Crippen LogP contribution is -2.30. The predicted octanol–water partition coefficient (Wildman–Crippen LogP) is 6.71. The van der Waals surface area contributed by atoms with E-state index < -0.39 is 17.8 Å². The number of carbonyl (C=O) groups is 2. The van der Waals surface area contributed by atoms with Crippen molar-refractivity contribution in [2.24, 2.45) is 5.92 Å². The van der Waals surface area contributed by atoms with Crippen molar-refractivity contribution in [3.63, 3.8) is 0 Å². The van der Waals surface area contributed by atoms with E-state index in [1.165, 1.54) is 16.8 Å². The van der Waals surface area contributed by atoms with Gasteiger partial charge in [-0.3, -0.25) is 14.6 Å². The highest BCUT2D eigenvalue weighted by molar-refractivity contribution is 7.09. The lowest BCUT2D eigenvalue weighted by Gasteiger charge is -2.22. The number of anilines is 1. The van der Waals surface area contributed by atoms with Crippen molar-refractivity contribution in [2.75, 3.05) is 5.32 Å². The van der Waals surface area contributed by atoms with Gasteiger partial charge >= 0.3 is 0 Å². The molecule has 9 nitrogen and oxygen atoms in total. The largest absolute Gasteiger partial charge is 0.342 e. The highest BCUT2D eigenvalue weighted by atomic mass is 35.5. The Kier molecular flexibility index (Phi) is 8.49. The number of pyridine rings is 1. The summed E-state index contributed by atoms with van der Waals surface area (Å²) in [6.45, 7) is 3.55. The molecule has 6 rings (SSSR count). The monoisotopic (exact) mass is 629 g/mol. The van der Waals surface area contributed by atoms with Crippen LogP contribution in [0, 0.1) is 18.7 Å². The number of thiazole rings is 1. The molecule has 12 heteroatoms. The fourth-order valence-corrected chi connectivity index (χ4v) is 6.16. The molecule has 4 heterocycles. The zero-order valence-corrected chi connectivity index (χ0v) is 25.6. The van der Waals surface area contributed by atoms with Gasteiger partial charge in [0.25, 0.3) is 5.91 Å². The second-order valence-corrected chi connectivity index (χ2v) is 12.2. The molecule has 1 aliphatic rings. The number of fused-ring (bicyclic) bond motifs is 4. The van der Waals surface area contributed by atoms with Gasteiger partial charge in [0, 0.05) is 41.4 Å². The quantitative estimate of drug-likeness (QED) is 0.223. The van der Waals surface area contributed by atoms with Crippen molar-refractivity contribution < 1.29 is 14.0 Å². The van der Waals surface area contributed by atoms with Crippen LogP contribution in [0.5, 0.6) is 0 Å². The molecule has 1 aliphatic heterocycles. The number of nitrogens with one attached hydrogen (secondary N) is 2. The van der Waals surface area contributed by atoms with Gasteiger partial charge in [0.2, 0.25) is 5.91 Å². The highest BCUT2D eigenvalue weighted by Gasteiger charge is 2.25. The van der Waals surface area contributed by atoms with Gasteiger partial charge in [0.1, 0.15) is 5.69 Å². The second kappa shape index (κ2) is 12.6. The molecule has 3 aromatic heterocycles. The van der Waals surface area contributed by atoms with Crippen LogP contribution in [0.4, 0.5) is 10.1 Å². The van der Waals surface area contributed by atoms with E-state index in [1.807, 2.05) is 42.6 Å². The first-order valence-corrected chi connectivity index (χ1v) is 15.5. The first kappa shape index (κ1) is 29.6.